The number of allylic oxidation sites excluding steroid dienone is 1. The summed E-state index contributed by atoms with van der Waals surface area (Å²) in [6, 6.07) is 0.259. The van der Waals surface area contributed by atoms with E-state index in [1.807, 2.05) is 32.4 Å². The molecule has 0 aliphatic heterocycles. The van der Waals surface area contributed by atoms with Crippen LogP contribution in [0.5, 0.6) is 0 Å². The Labute approximate surface area is 123 Å². The number of nitrogens with zero attached hydrogens (tertiary/aromatic N) is 2. The van der Waals surface area contributed by atoms with E-state index in [0.717, 1.165) is 6.42 Å². The van der Waals surface area contributed by atoms with Gasteiger partial charge in [0.15, 0.2) is 0 Å². The minimum atomic E-state index is -0.122. The third kappa shape index (κ3) is 9.44. The van der Waals surface area contributed by atoms with E-state index in [1.54, 1.807) is 7.05 Å². The molecule has 0 amide bonds. The van der Waals surface area contributed by atoms with Crippen LogP contribution in [0.15, 0.2) is 24.6 Å². The van der Waals surface area contributed by atoms with Crippen molar-refractivity contribution in [3.05, 3.63) is 24.6 Å². The lowest BCUT2D eigenvalue weighted by molar-refractivity contribution is -0.143. The van der Waals surface area contributed by atoms with Crippen LogP contribution in [0.4, 0.5) is 0 Å². The van der Waals surface area contributed by atoms with Crippen LogP contribution in [0.25, 0.3) is 0 Å². The first-order valence-electron chi connectivity index (χ1n) is 7.08. The molecule has 0 aliphatic carbocycles. The Bertz CT molecular complexity index is 327. The lowest BCUT2D eigenvalue weighted by atomic mass is 10.1. The van der Waals surface area contributed by atoms with Crippen molar-refractivity contribution in [1.29, 1.82) is 0 Å². The molecule has 2 N–H and O–H groups in total. The third-order valence-corrected chi connectivity index (χ3v) is 3.00. The molecule has 2 atom stereocenters. The van der Waals surface area contributed by atoms with E-state index < -0.39 is 0 Å². The highest BCUT2D eigenvalue weighted by molar-refractivity contribution is 5.69. The van der Waals surface area contributed by atoms with Crippen LogP contribution in [-0.2, 0) is 9.53 Å². The fraction of sp³-hybridized carbons (Fsp3) is 0.667. The zero-order valence-corrected chi connectivity index (χ0v) is 13.4. The van der Waals surface area contributed by atoms with Crippen LogP contribution in [0, 0.1) is 5.92 Å². The summed E-state index contributed by atoms with van der Waals surface area (Å²) < 4.78 is 4.91. The second kappa shape index (κ2) is 10.3. The van der Waals surface area contributed by atoms with Crippen LogP contribution >= 0.6 is 0 Å². The molecule has 0 bridgehead atoms. The number of nitrogens with two attached hydrogens (primary N) is 1. The van der Waals surface area contributed by atoms with Gasteiger partial charge in [-0.2, -0.15) is 0 Å². The highest BCUT2D eigenvalue weighted by atomic mass is 16.5. The monoisotopic (exact) mass is 283 g/mol. The quantitative estimate of drug-likeness (QED) is 0.399. The minimum absolute atomic E-state index is 0.122. The van der Waals surface area contributed by atoms with E-state index in [-0.39, 0.29) is 12.0 Å². The molecular formula is C15H29N3O2. The molecule has 5 nitrogen and oxygen atoms in total. The van der Waals surface area contributed by atoms with Gasteiger partial charge >= 0.3 is 5.97 Å². The van der Waals surface area contributed by atoms with Crippen molar-refractivity contribution >= 4 is 5.97 Å². The number of rotatable bonds is 9. The van der Waals surface area contributed by atoms with E-state index in [4.69, 9.17) is 10.6 Å². The number of ether oxygens (including phenoxy) is 1. The number of likely N-dealkylation sites (N-methyl/N-ethyl adjacent to an activating group) is 1. The Hall–Kier alpha value is -1.49. The van der Waals surface area contributed by atoms with Crippen LogP contribution in [0.1, 0.15) is 33.6 Å². The van der Waals surface area contributed by atoms with Gasteiger partial charge in [0.25, 0.3) is 0 Å². The lowest BCUT2D eigenvalue weighted by Crippen LogP contribution is -2.24. The van der Waals surface area contributed by atoms with E-state index >= 15 is 0 Å². The molecule has 0 spiro atoms. The summed E-state index contributed by atoms with van der Waals surface area (Å²) in [6.45, 7) is 6.46. The molecule has 0 saturated heterocycles. The maximum atomic E-state index is 11.3. The fourth-order valence-corrected chi connectivity index (χ4v) is 1.49. The van der Waals surface area contributed by atoms with Crippen LogP contribution < -0.4 is 5.84 Å². The SMILES string of the molecule is CCOC(=O)CCC(C)/C=C/N(C)C(C)/C=C/N(C)N. The van der Waals surface area contributed by atoms with Gasteiger partial charge < -0.3 is 14.6 Å². The third-order valence-electron chi connectivity index (χ3n) is 3.00. The van der Waals surface area contributed by atoms with E-state index in [1.165, 1.54) is 5.01 Å². The molecule has 0 radical (unpaired) electrons. The summed E-state index contributed by atoms with van der Waals surface area (Å²) in [7, 11) is 3.80. The Balaban J connectivity index is 4.10. The van der Waals surface area contributed by atoms with Crippen molar-refractivity contribution in [2.24, 2.45) is 11.8 Å². The maximum Gasteiger partial charge on any atom is 0.305 e. The second-order valence-electron chi connectivity index (χ2n) is 5.08. The molecule has 0 fully saturated rings. The summed E-state index contributed by atoms with van der Waals surface area (Å²) in [4.78, 5) is 13.4. The standard InChI is InChI=1S/C15H29N3O2/c1-6-20-15(19)8-7-13(2)9-11-17(4)14(3)10-12-18(5)16/h9-14H,6-8,16H2,1-5H3/b11-9+,12-10+. The molecule has 2 unspecified atom stereocenters. The summed E-state index contributed by atoms with van der Waals surface area (Å²) in [5, 5.41) is 1.52. The number of hydrogen-bond acceptors (Lipinski definition) is 5. The van der Waals surface area contributed by atoms with Gasteiger partial charge in [-0.15, -0.1) is 0 Å². The number of hydrogen-bond donors (Lipinski definition) is 1. The second-order valence-corrected chi connectivity index (χ2v) is 5.08. The zero-order valence-electron chi connectivity index (χ0n) is 13.4. The van der Waals surface area contributed by atoms with Crippen LogP contribution in [0.3, 0.4) is 0 Å². The average Bonchev–Trinajstić information content (AvgIpc) is 2.39. The van der Waals surface area contributed by atoms with Crippen molar-refractivity contribution in [3.8, 4) is 0 Å². The fourth-order valence-electron chi connectivity index (χ4n) is 1.49. The zero-order chi connectivity index (χ0) is 15.5. The van der Waals surface area contributed by atoms with Gasteiger partial charge in [-0.3, -0.25) is 4.79 Å². The first-order chi connectivity index (χ1) is 9.36. The average molecular weight is 283 g/mol. The molecule has 0 rings (SSSR count). The van der Waals surface area contributed by atoms with Gasteiger partial charge in [0.05, 0.1) is 6.61 Å². The van der Waals surface area contributed by atoms with Gasteiger partial charge in [-0.1, -0.05) is 13.0 Å². The topological polar surface area (TPSA) is 58.8 Å². The largest absolute Gasteiger partial charge is 0.466 e. The summed E-state index contributed by atoms with van der Waals surface area (Å²) in [5.74, 6) is 5.74. The Morgan fingerprint density at radius 3 is 2.45 bits per heavy atom. The van der Waals surface area contributed by atoms with E-state index in [0.29, 0.717) is 18.9 Å². The predicted molar refractivity (Wildman–Crippen MR) is 82.5 cm³/mol. The molecule has 116 valence electrons. The normalized spacial score (nSPS) is 14.5. The van der Waals surface area contributed by atoms with E-state index in [9.17, 15) is 4.79 Å². The number of esters is 1. The molecule has 0 heterocycles. The number of hydrazine groups is 1. The van der Waals surface area contributed by atoms with E-state index in [2.05, 4.69) is 24.8 Å². The minimum Gasteiger partial charge on any atom is -0.466 e. The Morgan fingerprint density at radius 1 is 1.25 bits per heavy atom. The van der Waals surface area contributed by atoms with Crippen molar-refractivity contribution in [1.82, 2.24) is 9.91 Å². The van der Waals surface area contributed by atoms with Gasteiger partial charge in [-0.05, 0) is 38.5 Å². The molecular weight excluding hydrogens is 254 g/mol. The maximum absolute atomic E-state index is 11.3. The van der Waals surface area contributed by atoms with Crippen LogP contribution in [-0.4, -0.2) is 42.6 Å². The van der Waals surface area contributed by atoms with Crippen molar-refractivity contribution in [2.75, 3.05) is 20.7 Å². The number of carbonyl (C=O) groups excluding carboxylic acids is 1. The van der Waals surface area contributed by atoms with Crippen molar-refractivity contribution in [3.63, 3.8) is 0 Å². The molecule has 0 aromatic rings. The molecule has 0 aliphatic rings. The lowest BCUT2D eigenvalue weighted by Gasteiger charge is -2.21. The van der Waals surface area contributed by atoms with Gasteiger partial charge in [0.1, 0.15) is 0 Å². The highest BCUT2D eigenvalue weighted by Crippen LogP contribution is 2.09. The smallest absolute Gasteiger partial charge is 0.305 e. The van der Waals surface area contributed by atoms with Crippen LogP contribution in [0.2, 0.25) is 0 Å². The predicted octanol–water partition coefficient (Wildman–Crippen LogP) is 2.12. The van der Waals surface area contributed by atoms with Gasteiger partial charge in [0, 0.05) is 32.8 Å². The van der Waals surface area contributed by atoms with Crippen molar-refractivity contribution < 1.29 is 9.53 Å². The molecule has 0 aromatic carbocycles. The highest BCUT2D eigenvalue weighted by Gasteiger charge is 2.06. The summed E-state index contributed by atoms with van der Waals surface area (Å²) in [5.41, 5.74) is 0. The Kier molecular flexibility index (Phi) is 9.55. The summed E-state index contributed by atoms with van der Waals surface area (Å²) >= 11 is 0. The molecule has 20 heavy (non-hydrogen) atoms. The number of carbonyl (C=O) groups is 1. The first-order valence-corrected chi connectivity index (χ1v) is 7.08. The molecule has 5 heteroatoms. The van der Waals surface area contributed by atoms with Crippen molar-refractivity contribution in [2.45, 2.75) is 39.7 Å². The first kappa shape index (κ1) is 18.5. The Morgan fingerprint density at radius 2 is 1.90 bits per heavy atom. The van der Waals surface area contributed by atoms with Gasteiger partial charge in [0.2, 0.25) is 0 Å². The summed E-state index contributed by atoms with van der Waals surface area (Å²) in [6.07, 6.45) is 9.28. The molecule has 0 aromatic heterocycles. The molecule has 0 saturated carbocycles. The van der Waals surface area contributed by atoms with Gasteiger partial charge in [-0.25, -0.2) is 5.84 Å².